The lowest BCUT2D eigenvalue weighted by Gasteiger charge is -2.40. The van der Waals surface area contributed by atoms with Crippen molar-refractivity contribution in [1.82, 2.24) is 0 Å². The second-order valence-corrected chi connectivity index (χ2v) is 5.82. The highest BCUT2D eigenvalue weighted by molar-refractivity contribution is 4.97. The van der Waals surface area contributed by atoms with Crippen LogP contribution in [0.1, 0.15) is 47.0 Å². The molecule has 0 aromatic heterocycles. The van der Waals surface area contributed by atoms with E-state index in [1.165, 1.54) is 12.8 Å². The summed E-state index contributed by atoms with van der Waals surface area (Å²) in [5.74, 6) is 1.75. The Morgan fingerprint density at radius 1 is 1.31 bits per heavy atom. The van der Waals surface area contributed by atoms with Crippen LogP contribution < -0.4 is 0 Å². The molecule has 5 unspecified atom stereocenters. The minimum Gasteiger partial charge on any atom is -0.393 e. The van der Waals surface area contributed by atoms with Gasteiger partial charge in [-0.25, -0.2) is 0 Å². The molecule has 0 saturated heterocycles. The van der Waals surface area contributed by atoms with Crippen molar-refractivity contribution in [2.45, 2.75) is 53.1 Å². The number of methoxy groups -OCH3 is 1. The van der Waals surface area contributed by atoms with Gasteiger partial charge in [-0.1, -0.05) is 27.2 Å². The third-order valence-corrected chi connectivity index (χ3v) is 4.94. The topological polar surface area (TPSA) is 29.5 Å². The summed E-state index contributed by atoms with van der Waals surface area (Å²) in [5.41, 5.74) is 0.284. The molecule has 1 saturated carbocycles. The van der Waals surface area contributed by atoms with E-state index in [4.69, 9.17) is 4.74 Å². The first kappa shape index (κ1) is 14.0. The van der Waals surface area contributed by atoms with Crippen molar-refractivity contribution < 1.29 is 9.84 Å². The van der Waals surface area contributed by atoms with Crippen molar-refractivity contribution in [3.05, 3.63) is 0 Å². The van der Waals surface area contributed by atoms with Crippen molar-refractivity contribution in [2.24, 2.45) is 23.2 Å². The van der Waals surface area contributed by atoms with Crippen LogP contribution in [-0.2, 0) is 4.74 Å². The van der Waals surface area contributed by atoms with E-state index in [9.17, 15) is 5.11 Å². The summed E-state index contributed by atoms with van der Waals surface area (Å²) < 4.78 is 5.29. The highest BCUT2D eigenvalue weighted by Gasteiger charge is 2.48. The SMILES string of the molecule is CCC1(C)C(C(C)O)CCC1C(C)COC. The molecule has 2 nitrogen and oxygen atoms in total. The summed E-state index contributed by atoms with van der Waals surface area (Å²) in [6, 6.07) is 0. The Balaban J connectivity index is 2.80. The van der Waals surface area contributed by atoms with Gasteiger partial charge in [-0.15, -0.1) is 0 Å². The fraction of sp³-hybridized carbons (Fsp3) is 1.00. The molecule has 1 N–H and O–H groups in total. The Morgan fingerprint density at radius 3 is 2.31 bits per heavy atom. The van der Waals surface area contributed by atoms with Gasteiger partial charge in [-0.2, -0.15) is 0 Å². The molecular weight excluding hydrogens is 200 g/mol. The summed E-state index contributed by atoms with van der Waals surface area (Å²) in [6.45, 7) is 9.68. The smallest absolute Gasteiger partial charge is 0.0545 e. The Labute approximate surface area is 100 Å². The van der Waals surface area contributed by atoms with E-state index < -0.39 is 0 Å². The number of hydrogen-bond acceptors (Lipinski definition) is 2. The van der Waals surface area contributed by atoms with Crippen LogP contribution in [0.4, 0.5) is 0 Å². The quantitative estimate of drug-likeness (QED) is 0.783. The zero-order chi connectivity index (χ0) is 12.3. The summed E-state index contributed by atoms with van der Waals surface area (Å²) in [5, 5.41) is 9.92. The highest BCUT2D eigenvalue weighted by atomic mass is 16.5. The predicted molar refractivity (Wildman–Crippen MR) is 67.3 cm³/mol. The molecule has 1 aliphatic rings. The van der Waals surface area contributed by atoms with Crippen LogP contribution in [-0.4, -0.2) is 24.9 Å². The van der Waals surface area contributed by atoms with E-state index in [0.717, 1.165) is 13.0 Å². The lowest BCUT2D eigenvalue weighted by Crippen LogP contribution is -2.37. The van der Waals surface area contributed by atoms with E-state index >= 15 is 0 Å². The van der Waals surface area contributed by atoms with Gasteiger partial charge >= 0.3 is 0 Å². The van der Waals surface area contributed by atoms with E-state index in [1.807, 2.05) is 6.92 Å². The normalized spacial score (nSPS) is 38.6. The van der Waals surface area contributed by atoms with Gasteiger partial charge in [-0.05, 0) is 42.9 Å². The zero-order valence-corrected chi connectivity index (χ0v) is 11.5. The first-order valence-corrected chi connectivity index (χ1v) is 6.64. The maximum absolute atomic E-state index is 9.92. The van der Waals surface area contributed by atoms with Crippen LogP contribution in [0, 0.1) is 23.2 Å². The molecule has 0 spiro atoms. The fourth-order valence-corrected chi connectivity index (χ4v) is 3.92. The first-order valence-electron chi connectivity index (χ1n) is 6.64. The van der Waals surface area contributed by atoms with E-state index in [-0.39, 0.29) is 11.5 Å². The van der Waals surface area contributed by atoms with Crippen LogP contribution in [0.3, 0.4) is 0 Å². The monoisotopic (exact) mass is 228 g/mol. The van der Waals surface area contributed by atoms with Crippen LogP contribution in [0.15, 0.2) is 0 Å². The number of ether oxygens (including phenoxy) is 1. The molecule has 0 radical (unpaired) electrons. The van der Waals surface area contributed by atoms with Crippen LogP contribution in [0.5, 0.6) is 0 Å². The predicted octanol–water partition coefficient (Wildman–Crippen LogP) is 3.09. The average molecular weight is 228 g/mol. The van der Waals surface area contributed by atoms with E-state index in [2.05, 4.69) is 20.8 Å². The summed E-state index contributed by atoms with van der Waals surface area (Å²) in [6.07, 6.45) is 3.39. The third-order valence-electron chi connectivity index (χ3n) is 4.94. The van der Waals surface area contributed by atoms with Gasteiger partial charge in [0.2, 0.25) is 0 Å². The zero-order valence-electron chi connectivity index (χ0n) is 11.5. The average Bonchev–Trinajstić information content (AvgIpc) is 2.57. The summed E-state index contributed by atoms with van der Waals surface area (Å²) in [4.78, 5) is 0. The lowest BCUT2D eigenvalue weighted by atomic mass is 9.66. The minimum atomic E-state index is -0.176. The Hall–Kier alpha value is -0.0800. The number of rotatable bonds is 5. The van der Waals surface area contributed by atoms with Crippen LogP contribution in [0.25, 0.3) is 0 Å². The van der Waals surface area contributed by atoms with E-state index in [1.54, 1.807) is 7.11 Å². The number of aliphatic hydroxyl groups is 1. The fourth-order valence-electron chi connectivity index (χ4n) is 3.92. The van der Waals surface area contributed by atoms with Crippen molar-refractivity contribution in [3.63, 3.8) is 0 Å². The van der Waals surface area contributed by atoms with Gasteiger partial charge in [0.05, 0.1) is 6.10 Å². The van der Waals surface area contributed by atoms with Gasteiger partial charge < -0.3 is 9.84 Å². The van der Waals surface area contributed by atoms with Crippen LogP contribution >= 0.6 is 0 Å². The second-order valence-electron chi connectivity index (χ2n) is 5.82. The first-order chi connectivity index (χ1) is 7.47. The van der Waals surface area contributed by atoms with Crippen molar-refractivity contribution in [2.75, 3.05) is 13.7 Å². The third kappa shape index (κ3) is 2.43. The molecule has 0 aliphatic heterocycles. The second kappa shape index (κ2) is 5.50. The standard InChI is InChI=1S/C14H28O2/c1-6-14(4)12(10(2)9-16-5)7-8-13(14)11(3)15/h10-13,15H,6-9H2,1-5H3. The molecule has 16 heavy (non-hydrogen) atoms. The molecule has 0 amide bonds. The summed E-state index contributed by atoms with van der Waals surface area (Å²) >= 11 is 0. The minimum absolute atomic E-state index is 0.176. The Bertz CT molecular complexity index is 215. The van der Waals surface area contributed by atoms with E-state index in [0.29, 0.717) is 17.8 Å². The van der Waals surface area contributed by atoms with Gasteiger partial charge in [0.1, 0.15) is 0 Å². The highest BCUT2D eigenvalue weighted by Crippen LogP contribution is 2.54. The maximum Gasteiger partial charge on any atom is 0.0545 e. The van der Waals surface area contributed by atoms with Crippen molar-refractivity contribution >= 4 is 0 Å². The van der Waals surface area contributed by atoms with Crippen molar-refractivity contribution in [1.29, 1.82) is 0 Å². The molecule has 2 heteroatoms. The Morgan fingerprint density at radius 2 is 1.88 bits per heavy atom. The lowest BCUT2D eigenvalue weighted by molar-refractivity contribution is 0.00796. The molecule has 0 heterocycles. The van der Waals surface area contributed by atoms with Gasteiger partial charge in [-0.3, -0.25) is 0 Å². The number of hydrogen-bond donors (Lipinski definition) is 1. The molecule has 1 fully saturated rings. The molecule has 0 aromatic carbocycles. The molecule has 5 atom stereocenters. The molecule has 0 aromatic rings. The molecule has 96 valence electrons. The molecule has 0 bridgehead atoms. The van der Waals surface area contributed by atoms with Gasteiger partial charge in [0, 0.05) is 13.7 Å². The molecule has 1 aliphatic carbocycles. The molecule has 1 rings (SSSR count). The van der Waals surface area contributed by atoms with Crippen molar-refractivity contribution in [3.8, 4) is 0 Å². The summed E-state index contributed by atoms with van der Waals surface area (Å²) in [7, 11) is 1.78. The largest absolute Gasteiger partial charge is 0.393 e. The van der Waals surface area contributed by atoms with Gasteiger partial charge in [0.25, 0.3) is 0 Å². The maximum atomic E-state index is 9.92. The van der Waals surface area contributed by atoms with Gasteiger partial charge in [0.15, 0.2) is 0 Å². The Kier molecular flexibility index (Phi) is 4.81. The molecular formula is C14H28O2. The number of aliphatic hydroxyl groups excluding tert-OH is 1. The van der Waals surface area contributed by atoms with Crippen LogP contribution in [0.2, 0.25) is 0 Å².